The van der Waals surface area contributed by atoms with Crippen molar-refractivity contribution in [1.29, 1.82) is 0 Å². The molecule has 0 saturated heterocycles. The first-order chi connectivity index (χ1) is 9.16. The second-order valence-corrected chi connectivity index (χ2v) is 4.87. The molecule has 0 spiro atoms. The Bertz CT molecular complexity index is 494. The highest BCUT2D eigenvalue weighted by Crippen LogP contribution is 2.13. The summed E-state index contributed by atoms with van der Waals surface area (Å²) in [5.41, 5.74) is 0. The standard InChI is InChI=1S/C15H20N2O2/c1-12(2)15-16-8-9-17(15)10-13(18)11-19-14-6-4-3-5-7-14/h3-9,12-13,18H,10-11H2,1-2H3. The van der Waals surface area contributed by atoms with Crippen molar-refractivity contribution in [3.63, 3.8) is 0 Å². The van der Waals surface area contributed by atoms with Gasteiger partial charge in [-0.05, 0) is 12.1 Å². The van der Waals surface area contributed by atoms with Crippen molar-refractivity contribution in [2.45, 2.75) is 32.4 Å². The molecule has 1 heterocycles. The van der Waals surface area contributed by atoms with Crippen molar-refractivity contribution >= 4 is 0 Å². The molecule has 0 amide bonds. The lowest BCUT2D eigenvalue weighted by Gasteiger charge is -2.15. The van der Waals surface area contributed by atoms with Crippen LogP contribution in [0.4, 0.5) is 0 Å². The minimum absolute atomic E-state index is 0.278. The van der Waals surface area contributed by atoms with Gasteiger partial charge in [-0.3, -0.25) is 0 Å². The third-order valence-electron chi connectivity index (χ3n) is 2.86. The number of para-hydroxylation sites is 1. The Morgan fingerprint density at radius 3 is 2.68 bits per heavy atom. The van der Waals surface area contributed by atoms with E-state index in [9.17, 15) is 5.11 Å². The zero-order valence-electron chi connectivity index (χ0n) is 11.4. The molecule has 0 fully saturated rings. The monoisotopic (exact) mass is 260 g/mol. The minimum Gasteiger partial charge on any atom is -0.491 e. The SMILES string of the molecule is CC(C)c1nccn1CC(O)COc1ccccc1. The highest BCUT2D eigenvalue weighted by atomic mass is 16.5. The van der Waals surface area contributed by atoms with Crippen LogP contribution in [0.25, 0.3) is 0 Å². The number of hydrogen-bond donors (Lipinski definition) is 1. The summed E-state index contributed by atoms with van der Waals surface area (Å²) >= 11 is 0. The number of rotatable bonds is 6. The van der Waals surface area contributed by atoms with Gasteiger partial charge in [0.25, 0.3) is 0 Å². The van der Waals surface area contributed by atoms with Crippen LogP contribution >= 0.6 is 0 Å². The molecule has 0 saturated carbocycles. The molecule has 2 rings (SSSR count). The van der Waals surface area contributed by atoms with Gasteiger partial charge in [0.1, 0.15) is 24.3 Å². The van der Waals surface area contributed by atoms with Crippen LogP contribution in [0.5, 0.6) is 5.75 Å². The van der Waals surface area contributed by atoms with Crippen LogP contribution in [0.3, 0.4) is 0 Å². The molecular formula is C15H20N2O2. The first-order valence-corrected chi connectivity index (χ1v) is 6.53. The van der Waals surface area contributed by atoms with Crippen LogP contribution in [0.15, 0.2) is 42.7 Å². The number of aromatic nitrogens is 2. The van der Waals surface area contributed by atoms with Gasteiger partial charge >= 0.3 is 0 Å². The predicted molar refractivity (Wildman–Crippen MR) is 74.3 cm³/mol. The predicted octanol–water partition coefficient (Wildman–Crippen LogP) is 2.45. The van der Waals surface area contributed by atoms with Crippen molar-refractivity contribution in [2.75, 3.05) is 6.61 Å². The first kappa shape index (κ1) is 13.6. The van der Waals surface area contributed by atoms with E-state index in [0.717, 1.165) is 11.6 Å². The molecular weight excluding hydrogens is 240 g/mol. The van der Waals surface area contributed by atoms with Gasteiger partial charge in [0.05, 0.1) is 6.54 Å². The number of nitrogens with zero attached hydrogens (tertiary/aromatic N) is 2. The van der Waals surface area contributed by atoms with E-state index < -0.39 is 6.10 Å². The van der Waals surface area contributed by atoms with Crippen LogP contribution in [0.1, 0.15) is 25.6 Å². The maximum absolute atomic E-state index is 10.0. The Balaban J connectivity index is 1.87. The van der Waals surface area contributed by atoms with Crippen LogP contribution in [-0.4, -0.2) is 27.4 Å². The topological polar surface area (TPSA) is 47.3 Å². The summed E-state index contributed by atoms with van der Waals surface area (Å²) < 4.78 is 7.51. The maximum atomic E-state index is 10.0. The molecule has 2 aromatic rings. The zero-order valence-corrected chi connectivity index (χ0v) is 11.4. The van der Waals surface area contributed by atoms with E-state index in [4.69, 9.17) is 4.74 Å². The Morgan fingerprint density at radius 2 is 2.00 bits per heavy atom. The van der Waals surface area contributed by atoms with Crippen molar-refractivity contribution < 1.29 is 9.84 Å². The van der Waals surface area contributed by atoms with Crippen molar-refractivity contribution in [3.05, 3.63) is 48.5 Å². The van der Waals surface area contributed by atoms with Crippen LogP contribution in [0, 0.1) is 0 Å². The van der Waals surface area contributed by atoms with E-state index in [-0.39, 0.29) is 6.61 Å². The lowest BCUT2D eigenvalue weighted by atomic mass is 10.2. The average molecular weight is 260 g/mol. The Morgan fingerprint density at radius 1 is 1.26 bits per heavy atom. The molecule has 1 aromatic heterocycles. The van der Waals surface area contributed by atoms with E-state index in [0.29, 0.717) is 12.5 Å². The largest absolute Gasteiger partial charge is 0.491 e. The third-order valence-corrected chi connectivity index (χ3v) is 2.86. The van der Waals surface area contributed by atoms with Crippen LogP contribution in [-0.2, 0) is 6.54 Å². The highest BCUT2D eigenvalue weighted by Gasteiger charge is 2.11. The van der Waals surface area contributed by atoms with Crippen LogP contribution in [0.2, 0.25) is 0 Å². The molecule has 0 aliphatic carbocycles. The molecule has 4 heteroatoms. The molecule has 1 N–H and O–H groups in total. The van der Waals surface area contributed by atoms with E-state index in [1.165, 1.54) is 0 Å². The third kappa shape index (κ3) is 3.83. The Kier molecular flexibility index (Phi) is 4.58. The summed E-state index contributed by atoms with van der Waals surface area (Å²) in [6.45, 7) is 4.96. The van der Waals surface area contributed by atoms with E-state index in [1.807, 2.05) is 41.1 Å². The normalized spacial score (nSPS) is 12.6. The van der Waals surface area contributed by atoms with Gasteiger partial charge in [0.2, 0.25) is 0 Å². The summed E-state index contributed by atoms with van der Waals surface area (Å²) in [6.07, 6.45) is 3.10. The quantitative estimate of drug-likeness (QED) is 0.867. The molecule has 0 aliphatic heterocycles. The van der Waals surface area contributed by atoms with Gasteiger partial charge in [0.15, 0.2) is 0 Å². The highest BCUT2D eigenvalue weighted by molar-refractivity contribution is 5.20. The second kappa shape index (κ2) is 6.38. The van der Waals surface area contributed by atoms with E-state index in [1.54, 1.807) is 6.20 Å². The number of aliphatic hydroxyl groups excluding tert-OH is 1. The minimum atomic E-state index is -0.549. The van der Waals surface area contributed by atoms with E-state index in [2.05, 4.69) is 18.8 Å². The van der Waals surface area contributed by atoms with Crippen molar-refractivity contribution in [3.8, 4) is 5.75 Å². The fourth-order valence-electron chi connectivity index (χ4n) is 1.96. The molecule has 0 aliphatic rings. The van der Waals surface area contributed by atoms with Gasteiger partial charge in [-0.2, -0.15) is 0 Å². The van der Waals surface area contributed by atoms with Gasteiger partial charge < -0.3 is 14.4 Å². The molecule has 1 unspecified atom stereocenters. The molecule has 4 nitrogen and oxygen atoms in total. The van der Waals surface area contributed by atoms with Crippen molar-refractivity contribution in [2.24, 2.45) is 0 Å². The number of benzene rings is 1. The summed E-state index contributed by atoms with van der Waals surface area (Å²) in [5.74, 6) is 2.10. The number of imidazole rings is 1. The van der Waals surface area contributed by atoms with Gasteiger partial charge in [0, 0.05) is 18.3 Å². The summed E-state index contributed by atoms with van der Waals surface area (Å²) in [4.78, 5) is 4.30. The number of ether oxygens (including phenoxy) is 1. The summed E-state index contributed by atoms with van der Waals surface area (Å²) in [7, 11) is 0. The molecule has 19 heavy (non-hydrogen) atoms. The van der Waals surface area contributed by atoms with E-state index >= 15 is 0 Å². The van der Waals surface area contributed by atoms with Crippen molar-refractivity contribution in [1.82, 2.24) is 9.55 Å². The Hall–Kier alpha value is -1.81. The number of hydrogen-bond acceptors (Lipinski definition) is 3. The molecule has 102 valence electrons. The fourth-order valence-corrected chi connectivity index (χ4v) is 1.96. The fraction of sp³-hybridized carbons (Fsp3) is 0.400. The lowest BCUT2D eigenvalue weighted by Crippen LogP contribution is -2.24. The maximum Gasteiger partial charge on any atom is 0.119 e. The summed E-state index contributed by atoms with van der Waals surface area (Å²) in [6, 6.07) is 9.51. The molecule has 0 bridgehead atoms. The lowest BCUT2D eigenvalue weighted by molar-refractivity contribution is 0.0915. The van der Waals surface area contributed by atoms with Gasteiger partial charge in [-0.15, -0.1) is 0 Å². The summed E-state index contributed by atoms with van der Waals surface area (Å²) in [5, 5.41) is 10.0. The molecule has 1 atom stereocenters. The average Bonchev–Trinajstić information content (AvgIpc) is 2.86. The zero-order chi connectivity index (χ0) is 13.7. The first-order valence-electron chi connectivity index (χ1n) is 6.53. The second-order valence-electron chi connectivity index (χ2n) is 4.87. The van der Waals surface area contributed by atoms with Gasteiger partial charge in [-0.25, -0.2) is 4.98 Å². The molecule has 1 aromatic carbocycles. The van der Waals surface area contributed by atoms with Crippen LogP contribution < -0.4 is 4.74 Å². The Labute approximate surface area is 113 Å². The van der Waals surface area contributed by atoms with Gasteiger partial charge in [-0.1, -0.05) is 32.0 Å². The number of aliphatic hydroxyl groups is 1. The molecule has 0 radical (unpaired) electrons. The smallest absolute Gasteiger partial charge is 0.119 e.